The third-order valence-corrected chi connectivity index (χ3v) is 11.2. The topological polar surface area (TPSA) is 157 Å². The van der Waals surface area contributed by atoms with E-state index in [4.69, 9.17) is 24.3 Å². The van der Waals surface area contributed by atoms with E-state index in [9.17, 15) is 19.7 Å². The van der Waals surface area contributed by atoms with E-state index in [0.717, 1.165) is 25.0 Å². The Morgan fingerprint density at radius 1 is 0.945 bits per heavy atom. The van der Waals surface area contributed by atoms with E-state index in [0.29, 0.717) is 36.3 Å². The molecule has 2 aromatic heterocycles. The lowest BCUT2D eigenvalue weighted by molar-refractivity contribution is -0.0257. The summed E-state index contributed by atoms with van der Waals surface area (Å²) in [5.41, 5.74) is 8.33. The van der Waals surface area contributed by atoms with Crippen molar-refractivity contribution in [2.45, 2.75) is 166 Å². The lowest BCUT2D eigenvalue weighted by Crippen LogP contribution is -2.26. The Labute approximate surface area is 329 Å². The number of rotatable bonds is 30. The van der Waals surface area contributed by atoms with Gasteiger partial charge in [-0.1, -0.05) is 122 Å². The zero-order chi connectivity index (χ0) is 39.1. The number of unbranched alkanes of at least 4 members (excludes halogenated alkanes) is 17. The molecule has 0 spiro atoms. The van der Waals surface area contributed by atoms with Gasteiger partial charge in [-0.15, -0.1) is 0 Å². The first-order valence-electron chi connectivity index (χ1n) is 20.9. The second-order valence-electron chi connectivity index (χ2n) is 15.0. The number of benzene rings is 1. The number of hydrogen-bond acceptors (Lipinski definition) is 10. The summed E-state index contributed by atoms with van der Waals surface area (Å²) in [7, 11) is -2.25. The fraction of sp³-hybridized carbons (Fsp3) is 0.690. The summed E-state index contributed by atoms with van der Waals surface area (Å²) in [6, 6.07) is 9.95. The number of aliphatic hydroxyl groups is 1. The Morgan fingerprint density at radius 3 is 2.22 bits per heavy atom. The molecule has 0 amide bonds. The number of fused-ring (bicyclic) bond motifs is 1. The largest absolute Gasteiger partial charge is 0.390 e. The summed E-state index contributed by atoms with van der Waals surface area (Å²) in [5, 5.41) is 24.2. The molecule has 1 aromatic carbocycles. The molecule has 3 aromatic rings. The number of aliphatic hydroxyl groups excluding tert-OH is 1. The molecule has 3 heterocycles. The van der Waals surface area contributed by atoms with E-state index in [1.165, 1.54) is 121 Å². The molecule has 0 aliphatic carbocycles. The monoisotopic (exact) mass is 785 g/mol. The van der Waals surface area contributed by atoms with Gasteiger partial charge < -0.3 is 34.3 Å². The van der Waals surface area contributed by atoms with Crippen molar-refractivity contribution < 1.29 is 32.9 Å². The van der Waals surface area contributed by atoms with Crippen molar-refractivity contribution in [2.75, 3.05) is 25.6 Å². The third-order valence-electron chi connectivity index (χ3n) is 10.5. The summed E-state index contributed by atoms with van der Waals surface area (Å²) < 4.78 is 39.2. The molecule has 4 rings (SSSR count). The second kappa shape index (κ2) is 26.2. The van der Waals surface area contributed by atoms with Gasteiger partial charge in [0.05, 0.1) is 49.4 Å². The zero-order valence-corrected chi connectivity index (χ0v) is 33.9. The van der Waals surface area contributed by atoms with Crippen molar-refractivity contribution >= 4 is 19.9 Å². The highest BCUT2D eigenvalue weighted by molar-refractivity contribution is 7.40. The predicted octanol–water partition coefficient (Wildman–Crippen LogP) is 9.83. The lowest BCUT2D eigenvalue weighted by Gasteiger charge is -2.21. The number of halogens is 1. The number of anilines is 1. The van der Waals surface area contributed by atoms with Gasteiger partial charge in [-0.25, -0.2) is 13.9 Å². The van der Waals surface area contributed by atoms with Gasteiger partial charge in [0.2, 0.25) is 0 Å². The predicted molar refractivity (Wildman–Crippen MR) is 215 cm³/mol. The van der Waals surface area contributed by atoms with E-state index in [1.807, 2.05) is 18.2 Å². The molecule has 13 heteroatoms. The van der Waals surface area contributed by atoms with Crippen LogP contribution in [0.1, 0.15) is 158 Å². The third kappa shape index (κ3) is 16.7. The second-order valence-corrected chi connectivity index (χ2v) is 16.0. The van der Waals surface area contributed by atoms with Gasteiger partial charge in [0.15, 0.2) is 5.82 Å². The van der Waals surface area contributed by atoms with E-state index < -0.39 is 32.7 Å². The normalized spacial score (nSPS) is 18.2. The van der Waals surface area contributed by atoms with Gasteiger partial charge in [0.25, 0.3) is 0 Å². The van der Waals surface area contributed by atoms with Crippen LogP contribution >= 0.6 is 8.60 Å². The molecule has 306 valence electrons. The molecule has 0 saturated carbocycles. The Kier molecular flexibility index (Phi) is 21.4. The molecule has 5 atom stereocenters. The maximum absolute atomic E-state index is 14.0. The quantitative estimate of drug-likeness (QED) is 0.0439. The van der Waals surface area contributed by atoms with Crippen LogP contribution in [0.25, 0.3) is 5.52 Å². The Balaban J connectivity index is 1.11. The summed E-state index contributed by atoms with van der Waals surface area (Å²) >= 11 is 0. The average Bonchev–Trinajstić information content (AvgIpc) is 3.78. The van der Waals surface area contributed by atoms with Crippen LogP contribution in [0.4, 0.5) is 10.2 Å². The minimum Gasteiger partial charge on any atom is -0.390 e. The summed E-state index contributed by atoms with van der Waals surface area (Å²) in [6.45, 7) is 2.67. The number of nitrogens with two attached hydrogens (primary N) is 1. The van der Waals surface area contributed by atoms with Gasteiger partial charge >= 0.3 is 8.60 Å². The van der Waals surface area contributed by atoms with E-state index >= 15 is 0 Å². The van der Waals surface area contributed by atoms with Crippen LogP contribution < -0.4 is 5.73 Å². The molecule has 4 N–H and O–H groups in total. The molecular formula is C42H65FN5O6P. The van der Waals surface area contributed by atoms with E-state index in [2.05, 4.69) is 17.0 Å². The highest BCUT2D eigenvalue weighted by Gasteiger charge is 2.37. The molecule has 5 unspecified atom stereocenters. The van der Waals surface area contributed by atoms with Crippen LogP contribution in [0, 0.1) is 17.1 Å². The zero-order valence-electron chi connectivity index (χ0n) is 33.0. The Bertz CT molecular complexity index is 1540. The minimum absolute atomic E-state index is 0.0497. The molecular weight excluding hydrogens is 720 g/mol. The van der Waals surface area contributed by atoms with Crippen LogP contribution in [0.15, 0.2) is 36.7 Å². The number of aromatic nitrogens is 3. The van der Waals surface area contributed by atoms with Gasteiger partial charge in [-0.05, 0) is 48.7 Å². The average molecular weight is 786 g/mol. The standard InChI is InChI=1S/C42H65FN5O6P/c1-2-3-4-5-6-7-8-9-10-11-12-13-14-15-16-17-18-19-20-36(51-24-23-33-25-34(29-44)27-35(43)26-33)30-52-55(50)53-31-41-39(49)28-40(54-41)37-21-22-38-42(45)46-32-47-48(37)38/h21-22,25-27,32,36,39-41,49-50H,2-20,23-24,28,30-31H2,1H3,(H2,45,46,47). The number of hydrogen-bond donors (Lipinski definition) is 3. The van der Waals surface area contributed by atoms with Crippen molar-refractivity contribution in [3.05, 3.63) is 59.3 Å². The van der Waals surface area contributed by atoms with Crippen LogP contribution in [0.2, 0.25) is 0 Å². The molecule has 1 aliphatic rings. The summed E-state index contributed by atoms with van der Waals surface area (Å²) in [5.74, 6) is -0.0913. The van der Waals surface area contributed by atoms with E-state index in [1.54, 1.807) is 10.6 Å². The van der Waals surface area contributed by atoms with E-state index in [-0.39, 0.29) is 24.9 Å². The fourth-order valence-corrected chi connectivity index (χ4v) is 7.94. The van der Waals surface area contributed by atoms with Crippen molar-refractivity contribution in [1.82, 2.24) is 14.6 Å². The number of ether oxygens (including phenoxy) is 2. The fourth-order valence-electron chi connectivity index (χ4n) is 7.30. The van der Waals surface area contributed by atoms with Gasteiger partial charge in [0, 0.05) is 6.42 Å². The van der Waals surface area contributed by atoms with Crippen molar-refractivity contribution in [3.8, 4) is 6.07 Å². The number of nitrogens with zero attached hydrogens (tertiary/aromatic N) is 4. The lowest BCUT2D eigenvalue weighted by atomic mass is 10.0. The first-order chi connectivity index (χ1) is 26.9. The molecule has 55 heavy (non-hydrogen) atoms. The highest BCUT2D eigenvalue weighted by Crippen LogP contribution is 2.38. The van der Waals surface area contributed by atoms with Crippen LogP contribution in [-0.4, -0.2) is 62.7 Å². The van der Waals surface area contributed by atoms with Gasteiger partial charge in [-0.3, -0.25) is 0 Å². The smallest absolute Gasteiger partial charge is 0.330 e. The van der Waals surface area contributed by atoms with Crippen LogP contribution in [0.5, 0.6) is 0 Å². The SMILES string of the molecule is CCCCCCCCCCCCCCCCCCCCC(COP(O)OCC1OC(c2ccc3c(N)ncnn23)CC1O)OCCc1cc(F)cc(C#N)c1. The Hall–Kier alpha value is -2.75. The highest BCUT2D eigenvalue weighted by atomic mass is 31.2. The maximum atomic E-state index is 14.0. The molecule has 1 saturated heterocycles. The summed E-state index contributed by atoms with van der Waals surface area (Å²) in [4.78, 5) is 14.6. The van der Waals surface area contributed by atoms with Crippen molar-refractivity contribution in [1.29, 1.82) is 5.26 Å². The Morgan fingerprint density at radius 2 is 1.58 bits per heavy atom. The van der Waals surface area contributed by atoms with Crippen LogP contribution in [-0.2, 0) is 24.9 Å². The number of nitriles is 1. The molecule has 0 radical (unpaired) electrons. The number of nitrogen functional groups attached to an aromatic ring is 1. The molecule has 1 aliphatic heterocycles. The van der Waals surface area contributed by atoms with Gasteiger partial charge in [-0.2, -0.15) is 10.4 Å². The maximum Gasteiger partial charge on any atom is 0.330 e. The van der Waals surface area contributed by atoms with Crippen LogP contribution in [0.3, 0.4) is 0 Å². The minimum atomic E-state index is -2.25. The van der Waals surface area contributed by atoms with Gasteiger partial charge in [0.1, 0.15) is 29.9 Å². The summed E-state index contributed by atoms with van der Waals surface area (Å²) in [6.07, 6.45) is 24.3. The first-order valence-corrected chi connectivity index (χ1v) is 22.0. The molecule has 1 fully saturated rings. The first kappa shape index (κ1) is 45.0. The molecule has 11 nitrogen and oxygen atoms in total. The van der Waals surface area contributed by atoms with Crippen molar-refractivity contribution in [2.24, 2.45) is 0 Å². The van der Waals surface area contributed by atoms with Crippen molar-refractivity contribution in [3.63, 3.8) is 0 Å². The molecule has 0 bridgehead atoms.